The first-order valence-electron chi connectivity index (χ1n) is 15.0. The van der Waals surface area contributed by atoms with Crippen LogP contribution in [0, 0.1) is 11.8 Å². The SMILES string of the molecule is C=CCN(C(=O)C1N([C@H](CO)c2ccccc2)C(=O)[C@@H]2[C@@H](C(=O)OCC)[C@@H]3SC12CC3Br)c1ccc(N(CC)CC)cc1. The van der Waals surface area contributed by atoms with Crippen LogP contribution in [0.2, 0.25) is 0 Å². The van der Waals surface area contributed by atoms with Crippen LogP contribution < -0.4 is 9.80 Å². The van der Waals surface area contributed by atoms with Gasteiger partial charge < -0.3 is 24.5 Å². The van der Waals surface area contributed by atoms with Gasteiger partial charge in [0, 0.05) is 41.1 Å². The predicted octanol–water partition coefficient (Wildman–Crippen LogP) is 4.81. The largest absolute Gasteiger partial charge is 0.466 e. The molecule has 1 N–H and O–H groups in total. The second-order valence-electron chi connectivity index (χ2n) is 11.2. The molecule has 3 aliphatic rings. The molecular formula is C33H40BrN3O5S. The number of anilines is 2. The number of hydrogen-bond acceptors (Lipinski definition) is 7. The van der Waals surface area contributed by atoms with Gasteiger partial charge in [0.25, 0.3) is 5.91 Å². The molecule has 2 aromatic carbocycles. The first kappa shape index (κ1) is 31.6. The number of esters is 1. The Balaban J connectivity index is 1.62. The number of hydrogen-bond donors (Lipinski definition) is 1. The third kappa shape index (κ3) is 5.29. The highest BCUT2D eigenvalue weighted by Gasteiger charge is 2.76. The average Bonchev–Trinajstić information content (AvgIpc) is 3.61. The lowest BCUT2D eigenvalue weighted by atomic mass is 9.71. The summed E-state index contributed by atoms with van der Waals surface area (Å²) in [4.78, 5) is 48.3. The maximum atomic E-state index is 15.0. The molecule has 43 heavy (non-hydrogen) atoms. The van der Waals surface area contributed by atoms with E-state index in [0.717, 1.165) is 24.3 Å². The number of carbonyl (C=O) groups excluding carboxylic acids is 3. The monoisotopic (exact) mass is 669 g/mol. The second-order valence-corrected chi connectivity index (χ2v) is 13.9. The molecule has 7 atom stereocenters. The number of fused-ring (bicyclic) bond motifs is 1. The van der Waals surface area contributed by atoms with E-state index in [1.54, 1.807) is 34.6 Å². The van der Waals surface area contributed by atoms with Gasteiger partial charge in [0.1, 0.15) is 6.04 Å². The summed E-state index contributed by atoms with van der Waals surface area (Å²) in [6, 6.07) is 15.5. The Bertz CT molecular complexity index is 1340. The molecule has 2 bridgehead atoms. The number of rotatable bonds is 12. The lowest BCUT2D eigenvalue weighted by Gasteiger charge is -2.40. The molecule has 3 unspecified atom stereocenters. The molecule has 5 rings (SSSR count). The van der Waals surface area contributed by atoms with Gasteiger partial charge in [-0.05, 0) is 57.0 Å². The van der Waals surface area contributed by atoms with Gasteiger partial charge in [-0.3, -0.25) is 14.4 Å². The maximum Gasteiger partial charge on any atom is 0.310 e. The molecule has 3 aliphatic heterocycles. The summed E-state index contributed by atoms with van der Waals surface area (Å²) in [5.41, 5.74) is 2.49. The molecule has 1 spiro atoms. The molecule has 0 aliphatic carbocycles. The van der Waals surface area contributed by atoms with Crippen LogP contribution in [0.15, 0.2) is 67.3 Å². The maximum absolute atomic E-state index is 15.0. The van der Waals surface area contributed by atoms with Crippen molar-refractivity contribution in [3.05, 3.63) is 72.8 Å². The van der Waals surface area contributed by atoms with Crippen molar-refractivity contribution in [2.75, 3.05) is 42.6 Å². The van der Waals surface area contributed by atoms with Gasteiger partial charge in [-0.1, -0.05) is 52.3 Å². The number of halogens is 1. The van der Waals surface area contributed by atoms with E-state index in [4.69, 9.17) is 4.74 Å². The van der Waals surface area contributed by atoms with E-state index in [0.29, 0.717) is 12.1 Å². The third-order valence-corrected chi connectivity index (χ3v) is 12.3. The smallest absolute Gasteiger partial charge is 0.310 e. The van der Waals surface area contributed by atoms with Gasteiger partial charge in [0.05, 0.1) is 35.8 Å². The Labute approximate surface area is 266 Å². The molecule has 10 heteroatoms. The number of alkyl halides is 1. The van der Waals surface area contributed by atoms with Crippen LogP contribution in [-0.2, 0) is 19.1 Å². The number of benzene rings is 2. The number of amides is 2. The minimum atomic E-state index is -0.917. The fraction of sp³-hybridized carbons (Fsp3) is 0.485. The zero-order valence-corrected chi connectivity index (χ0v) is 27.3. The highest BCUT2D eigenvalue weighted by atomic mass is 79.9. The Morgan fingerprint density at radius 2 is 1.79 bits per heavy atom. The van der Waals surface area contributed by atoms with Gasteiger partial charge in [-0.15, -0.1) is 18.3 Å². The molecule has 230 valence electrons. The van der Waals surface area contributed by atoms with Crippen molar-refractivity contribution in [2.24, 2.45) is 11.8 Å². The molecule has 0 saturated carbocycles. The average molecular weight is 671 g/mol. The summed E-state index contributed by atoms with van der Waals surface area (Å²) in [5, 5.41) is 10.5. The summed E-state index contributed by atoms with van der Waals surface area (Å²) in [6.45, 7) is 11.7. The fourth-order valence-corrected chi connectivity index (χ4v) is 10.8. The summed E-state index contributed by atoms with van der Waals surface area (Å²) in [5.74, 6) is -2.38. The lowest BCUT2D eigenvalue weighted by Crippen LogP contribution is -2.56. The molecule has 8 nitrogen and oxygen atoms in total. The molecular weight excluding hydrogens is 630 g/mol. The number of nitrogens with zero attached hydrogens (tertiary/aromatic N) is 3. The molecule has 0 radical (unpaired) electrons. The summed E-state index contributed by atoms with van der Waals surface area (Å²) in [7, 11) is 0. The van der Waals surface area contributed by atoms with Crippen LogP contribution in [0.1, 0.15) is 38.8 Å². The zero-order valence-electron chi connectivity index (χ0n) is 24.9. The molecule has 2 amide bonds. The third-order valence-electron chi connectivity index (χ3n) is 9.08. The second kappa shape index (κ2) is 13.0. The van der Waals surface area contributed by atoms with Crippen LogP contribution >= 0.6 is 27.7 Å². The van der Waals surface area contributed by atoms with Crippen molar-refractivity contribution in [1.29, 1.82) is 0 Å². The molecule has 0 aromatic heterocycles. The van der Waals surface area contributed by atoms with Crippen molar-refractivity contribution in [1.82, 2.24) is 4.90 Å². The van der Waals surface area contributed by atoms with Crippen LogP contribution in [0.25, 0.3) is 0 Å². The van der Waals surface area contributed by atoms with Crippen molar-refractivity contribution in [2.45, 2.75) is 54.1 Å². The zero-order chi connectivity index (χ0) is 30.9. The quantitative estimate of drug-likeness (QED) is 0.197. The summed E-state index contributed by atoms with van der Waals surface area (Å²) >= 11 is 5.35. The van der Waals surface area contributed by atoms with E-state index in [1.807, 2.05) is 54.6 Å². The topological polar surface area (TPSA) is 90.4 Å². The van der Waals surface area contributed by atoms with Gasteiger partial charge in [0.15, 0.2) is 0 Å². The van der Waals surface area contributed by atoms with Crippen LogP contribution in [0.4, 0.5) is 11.4 Å². The number of likely N-dealkylation sites (tertiary alicyclic amines) is 1. The molecule has 3 saturated heterocycles. The predicted molar refractivity (Wildman–Crippen MR) is 175 cm³/mol. The van der Waals surface area contributed by atoms with Crippen molar-refractivity contribution >= 4 is 56.9 Å². The number of thioether (sulfide) groups is 1. The molecule has 3 heterocycles. The van der Waals surface area contributed by atoms with Crippen LogP contribution in [0.5, 0.6) is 0 Å². The van der Waals surface area contributed by atoms with E-state index in [-0.39, 0.29) is 41.6 Å². The Kier molecular flexibility index (Phi) is 9.58. The van der Waals surface area contributed by atoms with Crippen molar-refractivity contribution in [3.8, 4) is 0 Å². The number of ether oxygens (including phenoxy) is 1. The number of carbonyl (C=O) groups is 3. The van der Waals surface area contributed by atoms with Crippen molar-refractivity contribution < 1.29 is 24.2 Å². The van der Waals surface area contributed by atoms with Gasteiger partial charge >= 0.3 is 5.97 Å². The van der Waals surface area contributed by atoms with Crippen molar-refractivity contribution in [3.63, 3.8) is 0 Å². The normalized spacial score (nSPS) is 28.0. The van der Waals surface area contributed by atoms with Gasteiger partial charge in [-0.2, -0.15) is 0 Å². The van der Waals surface area contributed by atoms with Crippen LogP contribution in [0.3, 0.4) is 0 Å². The molecule has 2 aromatic rings. The summed E-state index contributed by atoms with van der Waals surface area (Å²) < 4.78 is 4.61. The number of aliphatic hydroxyl groups excluding tert-OH is 1. The van der Waals surface area contributed by atoms with E-state index in [1.165, 1.54) is 0 Å². The Morgan fingerprint density at radius 3 is 2.37 bits per heavy atom. The van der Waals surface area contributed by atoms with E-state index >= 15 is 0 Å². The minimum Gasteiger partial charge on any atom is -0.466 e. The first-order valence-corrected chi connectivity index (χ1v) is 16.8. The Hall–Kier alpha value is -2.82. The standard InChI is InChI=1S/C33H40BrN3O5S/c1-5-18-36(23-16-14-22(15-17-23)35(6-2)7-3)31(40)29-33-19-24(34)28(43-33)26(32(41)42-8-4)27(33)30(39)37(29)25(20-38)21-12-10-9-11-13-21/h5,9-17,24-29,38H,1,6-8,18-20H2,2-4H3/t24?,25-,26-,27+,28-,29?,33?/m1/s1. The molecule has 3 fully saturated rings. The van der Waals surface area contributed by atoms with E-state index in [9.17, 15) is 19.5 Å². The fourth-order valence-electron chi connectivity index (χ4n) is 7.25. The van der Waals surface area contributed by atoms with E-state index in [2.05, 4.69) is 41.3 Å². The van der Waals surface area contributed by atoms with E-state index < -0.39 is 34.6 Å². The first-order chi connectivity index (χ1) is 20.8. The van der Waals surface area contributed by atoms with Gasteiger partial charge in [-0.25, -0.2) is 0 Å². The highest BCUT2D eigenvalue weighted by Crippen LogP contribution is 2.68. The Morgan fingerprint density at radius 1 is 1.14 bits per heavy atom. The number of aliphatic hydroxyl groups is 1. The van der Waals surface area contributed by atoms with Crippen LogP contribution in [-0.4, -0.2) is 81.5 Å². The summed E-state index contributed by atoms with van der Waals surface area (Å²) in [6.07, 6.45) is 2.22. The highest BCUT2D eigenvalue weighted by molar-refractivity contribution is 9.09. The lowest BCUT2D eigenvalue weighted by molar-refractivity contribution is -0.154. The van der Waals surface area contributed by atoms with Gasteiger partial charge in [0.2, 0.25) is 5.91 Å². The minimum absolute atomic E-state index is 0.0725.